The van der Waals surface area contributed by atoms with Crippen LogP contribution in [0.5, 0.6) is 0 Å². The molecule has 0 amide bonds. The third kappa shape index (κ3) is 6.15. The number of aromatic carboxylic acids is 2. The van der Waals surface area contributed by atoms with Crippen molar-refractivity contribution in [3.8, 4) is 0 Å². The van der Waals surface area contributed by atoms with Gasteiger partial charge in [0, 0.05) is 83.9 Å². The summed E-state index contributed by atoms with van der Waals surface area (Å²) in [4.78, 5) is 28.7. The zero-order valence-corrected chi connectivity index (χ0v) is 18.8. The number of carboxylic acid groups (broad SMARTS) is 2. The van der Waals surface area contributed by atoms with Crippen LogP contribution in [0.15, 0.2) is 61.2 Å². The summed E-state index contributed by atoms with van der Waals surface area (Å²) in [5.41, 5.74) is 1.44. The van der Waals surface area contributed by atoms with Crippen LogP contribution >= 0.6 is 0 Å². The number of carboxylic acids is 2. The largest absolute Gasteiger partial charge is 0.476 e. The van der Waals surface area contributed by atoms with E-state index >= 15 is 0 Å². The molecule has 4 heterocycles. The Labute approximate surface area is 197 Å². The van der Waals surface area contributed by atoms with Crippen LogP contribution in [0.2, 0.25) is 0 Å². The van der Waals surface area contributed by atoms with E-state index in [1.165, 1.54) is 12.4 Å². The Morgan fingerprint density at radius 2 is 1.11 bits per heavy atom. The van der Waals surface area contributed by atoms with E-state index in [0.29, 0.717) is 11.3 Å². The Morgan fingerprint density at radius 3 is 1.41 bits per heavy atom. The number of nitrogens with zero attached hydrogens (tertiary/aromatic N) is 4. The first kappa shape index (κ1) is 25.3. The van der Waals surface area contributed by atoms with Crippen LogP contribution in [-0.4, -0.2) is 106 Å². The maximum atomic E-state index is 10.5. The van der Waals surface area contributed by atoms with E-state index < -0.39 is 11.9 Å². The average Bonchev–Trinajstić information content (AvgIpc) is 3.19. The van der Waals surface area contributed by atoms with Gasteiger partial charge in [0.15, 0.2) is 11.4 Å². The molecule has 11 heteroatoms. The Morgan fingerprint density at radius 1 is 0.741 bits per heavy atom. The molecule has 0 atom stereocenters. The fourth-order valence-electron chi connectivity index (χ4n) is 2.08. The van der Waals surface area contributed by atoms with Gasteiger partial charge in [0.25, 0.3) is 0 Å². The van der Waals surface area contributed by atoms with Gasteiger partial charge in [-0.25, -0.2) is 19.6 Å². The summed E-state index contributed by atoms with van der Waals surface area (Å²) < 4.78 is 3.34. The monoisotopic (exact) mass is 388 g/mol. The Balaban J connectivity index is 0.000000451. The number of rotatable bonds is 2. The van der Waals surface area contributed by atoms with Gasteiger partial charge in [0.2, 0.25) is 0 Å². The molecule has 0 aromatic carbocycles. The first-order valence-electron chi connectivity index (χ1n) is 6.88. The van der Waals surface area contributed by atoms with E-state index in [-0.39, 0.29) is 76.0 Å². The summed E-state index contributed by atoms with van der Waals surface area (Å²) in [5.74, 6) is -2.00. The molecule has 9 nitrogen and oxygen atoms in total. The van der Waals surface area contributed by atoms with Crippen molar-refractivity contribution in [2.24, 2.45) is 0 Å². The fraction of sp³-hybridized carbons (Fsp3) is 0. The van der Waals surface area contributed by atoms with Gasteiger partial charge in [-0.15, -0.1) is 0 Å². The Kier molecular flexibility index (Phi) is 10.5. The minimum atomic E-state index is -1.00. The molecule has 0 aliphatic rings. The van der Waals surface area contributed by atoms with Crippen molar-refractivity contribution in [1.82, 2.24) is 18.8 Å². The predicted molar refractivity (Wildman–Crippen MR) is 99.4 cm³/mol. The molecule has 4 N–H and O–H groups in total. The molecule has 0 aliphatic heterocycles. The molecule has 130 valence electrons. The van der Waals surface area contributed by atoms with Crippen LogP contribution in [0.4, 0.5) is 0 Å². The molecule has 0 fully saturated rings. The minimum Gasteiger partial charge on any atom is -0.476 e. The van der Waals surface area contributed by atoms with E-state index in [0.717, 1.165) is 0 Å². The third-order valence-electron chi connectivity index (χ3n) is 3.17. The van der Waals surface area contributed by atoms with Crippen molar-refractivity contribution in [2.45, 2.75) is 0 Å². The van der Waals surface area contributed by atoms with E-state index in [1.807, 2.05) is 24.3 Å². The van der Waals surface area contributed by atoms with Crippen LogP contribution in [0, 0.1) is 0 Å². The second kappa shape index (κ2) is 11.2. The maximum Gasteiger partial charge on any atom is 0.356 e. The van der Waals surface area contributed by atoms with Gasteiger partial charge in [-0.3, -0.25) is 0 Å². The van der Waals surface area contributed by atoms with E-state index in [1.54, 1.807) is 33.3 Å². The van der Waals surface area contributed by atoms with Gasteiger partial charge in [0.05, 0.1) is 0 Å². The van der Waals surface area contributed by atoms with Crippen molar-refractivity contribution in [2.75, 3.05) is 0 Å². The van der Waals surface area contributed by atoms with Crippen LogP contribution in [0.1, 0.15) is 21.0 Å². The third-order valence-corrected chi connectivity index (χ3v) is 3.17. The van der Waals surface area contributed by atoms with Crippen LogP contribution in [0.25, 0.3) is 11.3 Å². The second-order valence-corrected chi connectivity index (χ2v) is 4.79. The second-order valence-electron chi connectivity index (χ2n) is 4.79. The number of fused-ring (bicyclic) bond motifs is 2. The Hall–Kier alpha value is -1.72. The van der Waals surface area contributed by atoms with Crippen LogP contribution in [-0.2, 0) is 0 Å². The van der Waals surface area contributed by atoms with Crippen molar-refractivity contribution >= 4 is 82.3 Å². The summed E-state index contributed by atoms with van der Waals surface area (Å²) in [5, 5.41) is 17.2. The summed E-state index contributed by atoms with van der Waals surface area (Å²) in [6.07, 6.45) is 6.48. The van der Waals surface area contributed by atoms with Gasteiger partial charge >= 0.3 is 11.9 Å². The van der Waals surface area contributed by atoms with Crippen LogP contribution in [0.3, 0.4) is 0 Å². The fourth-order valence-corrected chi connectivity index (χ4v) is 2.08. The Bertz CT molecular complexity index is 897. The maximum absolute atomic E-state index is 10.5. The van der Waals surface area contributed by atoms with Gasteiger partial charge < -0.3 is 24.5 Å². The van der Waals surface area contributed by atoms with E-state index in [2.05, 4.69) is 9.97 Å². The quantitative estimate of drug-likeness (QED) is 0.479. The molecule has 2 radical (unpaired) electrons. The summed E-state index contributed by atoms with van der Waals surface area (Å²) in [6.45, 7) is 0. The predicted octanol–water partition coefficient (Wildman–Crippen LogP) is 0.479. The smallest absolute Gasteiger partial charge is 0.356 e. The molecule has 0 saturated carbocycles. The van der Waals surface area contributed by atoms with Gasteiger partial charge in [-0.05, 0) is 24.3 Å². The average molecular weight is 388 g/mol. The summed E-state index contributed by atoms with van der Waals surface area (Å²) in [6, 6.07) is 10.8. The summed E-state index contributed by atoms with van der Waals surface area (Å²) in [7, 11) is 0. The molecule has 0 aliphatic carbocycles. The molecular formula is C16H14N4Na2O5. The van der Waals surface area contributed by atoms with E-state index in [9.17, 15) is 9.59 Å². The molecule has 4 aromatic rings. The minimum absolute atomic E-state index is 0. The molecule has 0 unspecified atom stereocenters. The first-order chi connectivity index (χ1) is 11.5. The molecule has 0 spiro atoms. The number of hydrogen-bond donors (Lipinski definition) is 2. The standard InChI is InChI=1S/2C8H6N2O2.2Na.H2O/c2*11-8(12)6-5-10-4-2-1-3-7(10)9-6;;;/h2*1-5H,(H,11,12);;;1H2. The molecule has 4 aromatic heterocycles. The molecular weight excluding hydrogens is 374 g/mol. The molecule has 4 rings (SSSR count). The van der Waals surface area contributed by atoms with Crippen LogP contribution < -0.4 is 0 Å². The molecule has 27 heavy (non-hydrogen) atoms. The summed E-state index contributed by atoms with van der Waals surface area (Å²) >= 11 is 0. The zero-order chi connectivity index (χ0) is 17.1. The van der Waals surface area contributed by atoms with Crippen molar-refractivity contribution in [1.29, 1.82) is 0 Å². The van der Waals surface area contributed by atoms with Crippen molar-refractivity contribution in [3.05, 3.63) is 72.6 Å². The number of pyridine rings is 2. The van der Waals surface area contributed by atoms with Gasteiger partial charge in [-0.2, -0.15) is 0 Å². The SMILES string of the molecule is O.O=C(O)c1cn2ccccc2n1.O=C(O)c1cn2ccccc2n1.[Na].[Na]. The topological polar surface area (TPSA) is 141 Å². The zero-order valence-electron chi connectivity index (χ0n) is 14.8. The van der Waals surface area contributed by atoms with Gasteiger partial charge in [-0.1, -0.05) is 12.1 Å². The molecule has 0 saturated heterocycles. The number of hydrogen-bond acceptors (Lipinski definition) is 4. The van der Waals surface area contributed by atoms with E-state index in [4.69, 9.17) is 10.2 Å². The molecule has 0 bridgehead atoms. The van der Waals surface area contributed by atoms with Crippen molar-refractivity contribution in [3.63, 3.8) is 0 Å². The number of aromatic nitrogens is 4. The normalized spacial score (nSPS) is 9.19. The van der Waals surface area contributed by atoms with Gasteiger partial charge in [0.1, 0.15) is 11.3 Å². The number of carbonyl (C=O) groups is 2. The van der Waals surface area contributed by atoms with Crippen molar-refractivity contribution < 1.29 is 25.3 Å². The number of imidazole rings is 2. The first-order valence-corrected chi connectivity index (χ1v) is 6.88.